The fraction of sp³-hybridized carbons (Fsp3) is 0.500. The summed E-state index contributed by atoms with van der Waals surface area (Å²) >= 11 is 0.530. The molecule has 8 atom stereocenters. The fourth-order valence-electron chi connectivity index (χ4n) is 5.24. The van der Waals surface area contributed by atoms with Crippen LogP contribution in [0.25, 0.3) is 22.3 Å². The number of nitrogen functional groups attached to an aromatic ring is 2. The highest BCUT2D eigenvalue weighted by Gasteiger charge is 2.47. The van der Waals surface area contributed by atoms with E-state index in [1.54, 1.807) is 0 Å². The molecule has 4 aromatic rings. The number of hydrogen-bond acceptors (Lipinski definition) is 18. The van der Waals surface area contributed by atoms with E-state index in [4.69, 9.17) is 34.5 Å². The van der Waals surface area contributed by atoms with Crippen molar-refractivity contribution in [1.82, 2.24) is 39.0 Å². The van der Waals surface area contributed by atoms with Crippen LogP contribution in [0.1, 0.15) is 25.3 Å². The number of fused-ring (bicyclic) bond motifs is 4. The van der Waals surface area contributed by atoms with Gasteiger partial charge in [-0.15, -0.1) is 0 Å². The molecule has 0 saturated carbocycles. The molecule has 3 saturated heterocycles. The molecule has 3 fully saturated rings. The summed E-state index contributed by atoms with van der Waals surface area (Å²) in [6.45, 7) is -4.97. The molecule has 44 heavy (non-hydrogen) atoms. The number of rotatable bonds is 2. The standard InChI is InChI=1S/C20H24N10O11P2S/c21-19-25-15-13(17(31)27-19)23-5-29(15)11-1-7-9(38-11)3-37-42(33,34)40-8-2-12(39-10(8)4-44-43(35,36)41-7)30-6-24-14-16(30)26-20(22)28-18(14)32/h5-12H,1-4H2,(H,33,34)(H,35,36)(H3,21,25,27,31)(H3,22,26,28,32)/p-2/t7-,8-,9+,10+,11+,12+/m0/s1. The van der Waals surface area contributed by atoms with Gasteiger partial charge in [0.2, 0.25) is 11.9 Å². The molecular formula is C20H22N10O11P2S-2. The van der Waals surface area contributed by atoms with Gasteiger partial charge in [0, 0.05) is 30.4 Å². The summed E-state index contributed by atoms with van der Waals surface area (Å²) in [4.78, 5) is 44.6. The summed E-state index contributed by atoms with van der Waals surface area (Å²) in [5.41, 5.74) is 11.2. The summed E-state index contributed by atoms with van der Waals surface area (Å²) in [5.74, 6) is -2.17. The smallest absolute Gasteiger partial charge is 0.472 e. The lowest BCUT2D eigenvalue weighted by molar-refractivity contribution is -0.273. The molecule has 236 valence electrons. The lowest BCUT2D eigenvalue weighted by Gasteiger charge is -2.26. The second-order valence-electron chi connectivity index (χ2n) is 9.97. The van der Waals surface area contributed by atoms with E-state index in [1.165, 1.54) is 21.8 Å². The molecule has 24 heteroatoms. The fourth-order valence-corrected chi connectivity index (χ4v) is 8.97. The number of hydrogen-bond donors (Lipinski definition) is 4. The van der Waals surface area contributed by atoms with Gasteiger partial charge in [-0.2, -0.15) is 9.97 Å². The third-order valence-corrected chi connectivity index (χ3v) is 11.2. The van der Waals surface area contributed by atoms with Gasteiger partial charge >= 0.3 is 14.6 Å². The number of nitrogens with zero attached hydrogens (tertiary/aromatic N) is 8. The second kappa shape index (κ2) is 10.7. The third kappa shape index (κ3) is 5.47. The van der Waals surface area contributed by atoms with Crippen molar-refractivity contribution in [2.24, 2.45) is 0 Å². The van der Waals surface area contributed by atoms with Gasteiger partial charge in [-0.25, -0.2) is 29.1 Å². The SMILES string of the molecule is Nc1nc([O-])c2ncn([C@H]3C[C@@H]4OP(=O)(O)OC[C@H]5O[C@@H](n6cnc7c([O-])nc(N)nc76)C[C@@H]5OP(=O)(O)SC[C@H]4O3)c2n1. The molecule has 0 aromatic carbocycles. The first-order valence-electron chi connectivity index (χ1n) is 12.8. The Morgan fingerprint density at radius 2 is 1.34 bits per heavy atom. The van der Waals surface area contributed by atoms with Crippen LogP contribution in [-0.2, 0) is 32.2 Å². The third-order valence-electron chi connectivity index (χ3n) is 7.14. The Labute approximate surface area is 249 Å². The van der Waals surface area contributed by atoms with Crippen LogP contribution in [0.3, 0.4) is 0 Å². The highest BCUT2D eigenvalue weighted by atomic mass is 32.7. The predicted molar refractivity (Wildman–Crippen MR) is 143 cm³/mol. The summed E-state index contributed by atoms with van der Waals surface area (Å²) in [6, 6.07) is 0. The molecule has 3 aliphatic heterocycles. The molecule has 0 amide bonds. The van der Waals surface area contributed by atoms with E-state index in [-0.39, 0.29) is 52.8 Å². The van der Waals surface area contributed by atoms with Crippen LogP contribution in [-0.4, -0.2) is 85.6 Å². The molecule has 0 bridgehead atoms. The zero-order valence-electron chi connectivity index (χ0n) is 22.1. The van der Waals surface area contributed by atoms with Crippen molar-refractivity contribution in [3.05, 3.63) is 12.7 Å². The number of anilines is 2. The van der Waals surface area contributed by atoms with Crippen molar-refractivity contribution >= 4 is 60.2 Å². The monoisotopic (exact) mass is 672 g/mol. The van der Waals surface area contributed by atoms with E-state index in [0.717, 1.165) is 0 Å². The number of ether oxygens (including phenoxy) is 2. The Hall–Kier alpha value is -3.17. The van der Waals surface area contributed by atoms with Crippen LogP contribution in [0.5, 0.6) is 11.8 Å². The summed E-state index contributed by atoms with van der Waals surface area (Å²) in [7, 11) is -4.76. The molecule has 6 N–H and O–H groups in total. The summed E-state index contributed by atoms with van der Waals surface area (Å²) < 4.78 is 57.3. The molecule has 7 rings (SSSR count). The van der Waals surface area contributed by atoms with Gasteiger partial charge in [0.25, 0.3) is 0 Å². The Kier molecular flexibility index (Phi) is 7.20. The average Bonchev–Trinajstić information content (AvgIpc) is 3.70. The largest absolute Gasteiger partial charge is 0.857 e. The zero-order chi connectivity index (χ0) is 31.0. The van der Waals surface area contributed by atoms with E-state index in [0.29, 0.717) is 11.4 Å². The van der Waals surface area contributed by atoms with E-state index >= 15 is 0 Å². The predicted octanol–water partition coefficient (Wildman–Crippen LogP) is -0.713. The quantitative estimate of drug-likeness (QED) is 0.191. The van der Waals surface area contributed by atoms with Crippen LogP contribution in [0, 0.1) is 0 Å². The van der Waals surface area contributed by atoms with Crippen LogP contribution in [0.2, 0.25) is 0 Å². The molecular weight excluding hydrogens is 650 g/mol. The molecule has 4 aromatic heterocycles. The van der Waals surface area contributed by atoms with Crippen LogP contribution in [0.4, 0.5) is 11.9 Å². The topological polar surface area (TPSA) is 306 Å². The number of phosphoric acid groups is 1. The highest BCUT2D eigenvalue weighted by Crippen LogP contribution is 2.60. The molecule has 0 aliphatic carbocycles. The average molecular weight is 672 g/mol. The minimum absolute atomic E-state index is 0.0513. The normalized spacial score (nSPS) is 34.9. The van der Waals surface area contributed by atoms with Gasteiger partial charge in [-0.3, -0.25) is 22.7 Å². The van der Waals surface area contributed by atoms with E-state index in [9.17, 15) is 29.1 Å². The first-order valence-corrected chi connectivity index (χ1v) is 17.5. The van der Waals surface area contributed by atoms with Gasteiger partial charge in [-0.1, -0.05) is 0 Å². The summed E-state index contributed by atoms with van der Waals surface area (Å²) in [6.07, 6.45) is -3.74. The van der Waals surface area contributed by atoms with Crippen molar-refractivity contribution in [3.63, 3.8) is 0 Å². The van der Waals surface area contributed by atoms with Gasteiger partial charge < -0.3 is 40.9 Å². The van der Waals surface area contributed by atoms with Crippen LogP contribution >= 0.6 is 26.0 Å². The second-order valence-corrected chi connectivity index (χ2v) is 15.3. The number of imidazole rings is 2. The number of nitrogens with two attached hydrogens (primary N) is 2. The van der Waals surface area contributed by atoms with E-state index < -0.39 is 69.9 Å². The lowest BCUT2D eigenvalue weighted by Crippen LogP contribution is -2.31. The molecule has 21 nitrogen and oxygen atoms in total. The minimum atomic E-state index is -4.76. The maximum atomic E-state index is 13.2. The number of phosphoric ester groups is 1. The Balaban J connectivity index is 1.13. The Morgan fingerprint density at radius 1 is 0.818 bits per heavy atom. The van der Waals surface area contributed by atoms with Crippen LogP contribution < -0.4 is 21.7 Å². The van der Waals surface area contributed by atoms with Crippen molar-refractivity contribution in [2.75, 3.05) is 23.8 Å². The van der Waals surface area contributed by atoms with Crippen LogP contribution in [0.15, 0.2) is 12.7 Å². The van der Waals surface area contributed by atoms with E-state index in [1.807, 2.05) is 0 Å². The minimum Gasteiger partial charge on any atom is -0.857 e. The maximum Gasteiger partial charge on any atom is 0.472 e. The van der Waals surface area contributed by atoms with Gasteiger partial charge in [-0.05, 0) is 11.4 Å². The first-order chi connectivity index (χ1) is 20.9. The van der Waals surface area contributed by atoms with Crippen molar-refractivity contribution in [2.45, 2.75) is 49.7 Å². The first kappa shape index (κ1) is 29.5. The summed E-state index contributed by atoms with van der Waals surface area (Å²) in [5, 5.41) is 24.3. The lowest BCUT2D eigenvalue weighted by atomic mass is 10.2. The molecule has 7 heterocycles. The van der Waals surface area contributed by atoms with E-state index in [2.05, 4.69) is 29.9 Å². The van der Waals surface area contributed by atoms with Crippen molar-refractivity contribution in [1.29, 1.82) is 0 Å². The van der Waals surface area contributed by atoms with Crippen molar-refractivity contribution < 1.29 is 52.2 Å². The zero-order valence-corrected chi connectivity index (χ0v) is 24.7. The maximum absolute atomic E-state index is 13.2. The molecule has 0 radical (unpaired) electrons. The van der Waals surface area contributed by atoms with Crippen molar-refractivity contribution in [3.8, 4) is 11.8 Å². The number of aromatic nitrogens is 8. The Bertz CT molecular complexity index is 1730. The molecule has 0 spiro atoms. The van der Waals surface area contributed by atoms with Gasteiger partial charge in [0.1, 0.15) is 41.8 Å². The van der Waals surface area contributed by atoms with Gasteiger partial charge in [0.05, 0.1) is 25.4 Å². The highest BCUT2D eigenvalue weighted by molar-refractivity contribution is 8.54. The van der Waals surface area contributed by atoms with Gasteiger partial charge in [0.15, 0.2) is 11.3 Å². The Morgan fingerprint density at radius 3 is 1.91 bits per heavy atom. The molecule has 2 unspecified atom stereocenters. The molecule has 3 aliphatic rings.